The Hall–Kier alpha value is -3.14. The number of nitrogens with zero attached hydrogens (tertiary/aromatic N) is 4. The fourth-order valence-corrected chi connectivity index (χ4v) is 4.03. The van der Waals surface area contributed by atoms with Crippen LogP contribution in [0.1, 0.15) is 29.0 Å². The average Bonchev–Trinajstić information content (AvgIpc) is 3.24. The van der Waals surface area contributed by atoms with Gasteiger partial charge in [-0.25, -0.2) is 4.98 Å². The van der Waals surface area contributed by atoms with E-state index in [1.807, 2.05) is 29.5 Å². The zero-order valence-corrected chi connectivity index (χ0v) is 21.0. The lowest BCUT2D eigenvalue weighted by molar-refractivity contribution is 0.0953. The van der Waals surface area contributed by atoms with E-state index in [1.54, 1.807) is 25.3 Å². The van der Waals surface area contributed by atoms with Crippen LogP contribution in [0.5, 0.6) is 5.75 Å². The molecule has 11 heteroatoms. The first kappa shape index (κ1) is 25.0. The Kier molecular flexibility index (Phi) is 8.22. The van der Waals surface area contributed by atoms with Crippen LogP contribution < -0.4 is 15.4 Å². The SMILES string of the molecule is COCCOc1ccc2c(c1)nc(NCCCCNC(=O)c1cccc(Cl)c1Cl)c1nnc(C)n12. The molecule has 0 atom stereocenters. The number of hydrogen-bond acceptors (Lipinski definition) is 7. The molecule has 0 saturated carbocycles. The van der Waals surface area contributed by atoms with Gasteiger partial charge in [0.15, 0.2) is 5.82 Å². The van der Waals surface area contributed by atoms with Crippen molar-refractivity contribution in [3.63, 3.8) is 0 Å². The zero-order valence-electron chi connectivity index (χ0n) is 19.5. The number of fused-ring (bicyclic) bond motifs is 3. The molecule has 184 valence electrons. The van der Waals surface area contributed by atoms with Gasteiger partial charge in [-0.3, -0.25) is 9.20 Å². The maximum atomic E-state index is 12.3. The second-order valence-electron chi connectivity index (χ2n) is 7.85. The topological polar surface area (TPSA) is 103 Å². The van der Waals surface area contributed by atoms with Crippen molar-refractivity contribution in [2.24, 2.45) is 0 Å². The van der Waals surface area contributed by atoms with Gasteiger partial charge in [0, 0.05) is 26.3 Å². The molecule has 1 amide bonds. The van der Waals surface area contributed by atoms with Gasteiger partial charge in [-0.2, -0.15) is 0 Å². The normalized spacial score (nSPS) is 11.2. The highest BCUT2D eigenvalue weighted by Crippen LogP contribution is 2.26. The van der Waals surface area contributed by atoms with E-state index in [0.717, 1.165) is 29.7 Å². The summed E-state index contributed by atoms with van der Waals surface area (Å²) in [5.74, 6) is 1.88. The molecule has 0 aliphatic heterocycles. The van der Waals surface area contributed by atoms with E-state index in [4.69, 9.17) is 37.7 Å². The van der Waals surface area contributed by atoms with Crippen molar-refractivity contribution < 1.29 is 14.3 Å². The Morgan fingerprint density at radius 2 is 1.91 bits per heavy atom. The number of methoxy groups -OCH3 is 1. The highest BCUT2D eigenvalue weighted by molar-refractivity contribution is 6.43. The van der Waals surface area contributed by atoms with Crippen LogP contribution in [0, 0.1) is 6.92 Å². The highest BCUT2D eigenvalue weighted by atomic mass is 35.5. The molecule has 0 bridgehead atoms. The highest BCUT2D eigenvalue weighted by Gasteiger charge is 2.14. The Bertz CT molecular complexity index is 1340. The Morgan fingerprint density at radius 1 is 1.09 bits per heavy atom. The number of aromatic nitrogens is 4. The molecule has 0 unspecified atom stereocenters. The van der Waals surface area contributed by atoms with E-state index in [1.165, 1.54) is 0 Å². The van der Waals surface area contributed by atoms with Gasteiger partial charge < -0.3 is 20.1 Å². The first-order chi connectivity index (χ1) is 17.0. The lowest BCUT2D eigenvalue weighted by Gasteiger charge is -2.12. The molecule has 4 aromatic rings. The van der Waals surface area contributed by atoms with Gasteiger partial charge in [0.2, 0.25) is 5.65 Å². The van der Waals surface area contributed by atoms with Gasteiger partial charge in [0.1, 0.15) is 18.2 Å². The van der Waals surface area contributed by atoms with Gasteiger partial charge in [-0.05, 0) is 44.0 Å². The summed E-state index contributed by atoms with van der Waals surface area (Å²) in [6, 6.07) is 10.7. The van der Waals surface area contributed by atoms with Crippen molar-refractivity contribution in [1.82, 2.24) is 24.9 Å². The van der Waals surface area contributed by atoms with Gasteiger partial charge in [0.05, 0.1) is 33.2 Å². The minimum absolute atomic E-state index is 0.245. The monoisotopic (exact) mass is 516 g/mol. The second kappa shape index (κ2) is 11.5. The lowest BCUT2D eigenvalue weighted by Crippen LogP contribution is -2.25. The van der Waals surface area contributed by atoms with Crippen LogP contribution in [-0.4, -0.2) is 58.9 Å². The Morgan fingerprint density at radius 3 is 2.74 bits per heavy atom. The molecule has 0 aliphatic carbocycles. The van der Waals surface area contributed by atoms with Crippen molar-refractivity contribution in [2.45, 2.75) is 19.8 Å². The van der Waals surface area contributed by atoms with Crippen LogP contribution in [0.4, 0.5) is 5.82 Å². The van der Waals surface area contributed by atoms with Crippen LogP contribution in [0.2, 0.25) is 10.0 Å². The minimum Gasteiger partial charge on any atom is -0.491 e. The fourth-order valence-electron chi connectivity index (χ4n) is 3.64. The fraction of sp³-hybridized carbons (Fsp3) is 0.333. The molecular weight excluding hydrogens is 491 g/mol. The Balaban J connectivity index is 1.37. The summed E-state index contributed by atoms with van der Waals surface area (Å²) in [7, 11) is 1.64. The molecule has 0 fully saturated rings. The summed E-state index contributed by atoms with van der Waals surface area (Å²) in [6.07, 6.45) is 1.58. The third kappa shape index (κ3) is 5.75. The van der Waals surface area contributed by atoms with E-state index in [0.29, 0.717) is 54.1 Å². The van der Waals surface area contributed by atoms with E-state index < -0.39 is 0 Å². The number of amides is 1. The third-order valence-electron chi connectivity index (χ3n) is 5.39. The molecule has 4 rings (SSSR count). The largest absolute Gasteiger partial charge is 0.491 e. The molecular formula is C24H26Cl2N6O3. The molecule has 2 heterocycles. The second-order valence-corrected chi connectivity index (χ2v) is 8.63. The van der Waals surface area contributed by atoms with Crippen molar-refractivity contribution in [2.75, 3.05) is 38.7 Å². The smallest absolute Gasteiger partial charge is 0.252 e. The molecule has 2 aromatic carbocycles. The van der Waals surface area contributed by atoms with E-state index in [9.17, 15) is 4.79 Å². The molecule has 2 N–H and O–H groups in total. The quantitative estimate of drug-likeness (QED) is 0.282. The summed E-state index contributed by atoms with van der Waals surface area (Å²) in [4.78, 5) is 17.1. The maximum Gasteiger partial charge on any atom is 0.252 e. The van der Waals surface area contributed by atoms with Crippen molar-refractivity contribution >= 4 is 51.6 Å². The Labute approximate surface area is 212 Å². The summed E-state index contributed by atoms with van der Waals surface area (Å²) >= 11 is 12.1. The number of carbonyl (C=O) groups is 1. The van der Waals surface area contributed by atoms with Gasteiger partial charge >= 0.3 is 0 Å². The predicted molar refractivity (Wildman–Crippen MR) is 137 cm³/mol. The van der Waals surface area contributed by atoms with Gasteiger partial charge in [0.25, 0.3) is 5.91 Å². The summed E-state index contributed by atoms with van der Waals surface area (Å²) in [5.41, 5.74) is 2.69. The summed E-state index contributed by atoms with van der Waals surface area (Å²) < 4.78 is 12.7. The van der Waals surface area contributed by atoms with Crippen LogP contribution in [0.15, 0.2) is 36.4 Å². The standard InChI is InChI=1S/C24H26Cl2N6O3/c1-15-30-31-23-22(29-19-14-16(35-13-12-34-2)8-9-20(19)32(15)23)27-10-3-4-11-28-24(33)17-6-5-7-18(25)21(17)26/h5-9,14H,3-4,10-13H2,1-2H3,(H,27,29)(H,28,33). The summed E-state index contributed by atoms with van der Waals surface area (Å²) in [6.45, 7) is 4.03. The van der Waals surface area contributed by atoms with E-state index in [-0.39, 0.29) is 10.9 Å². The average molecular weight is 517 g/mol. The number of anilines is 1. The van der Waals surface area contributed by atoms with E-state index >= 15 is 0 Å². The third-order valence-corrected chi connectivity index (χ3v) is 6.21. The number of ether oxygens (including phenoxy) is 2. The van der Waals surface area contributed by atoms with Crippen LogP contribution in [0.25, 0.3) is 16.7 Å². The zero-order chi connectivity index (χ0) is 24.8. The number of benzene rings is 2. The number of rotatable bonds is 11. The predicted octanol–water partition coefficient (Wildman–Crippen LogP) is 4.54. The summed E-state index contributed by atoms with van der Waals surface area (Å²) in [5, 5.41) is 15.4. The number of carbonyl (C=O) groups excluding carboxylic acids is 1. The molecule has 0 aliphatic rings. The maximum absolute atomic E-state index is 12.3. The van der Waals surface area contributed by atoms with Crippen LogP contribution >= 0.6 is 23.2 Å². The van der Waals surface area contributed by atoms with Gasteiger partial charge in [-0.15, -0.1) is 10.2 Å². The lowest BCUT2D eigenvalue weighted by atomic mass is 10.2. The van der Waals surface area contributed by atoms with Crippen molar-refractivity contribution in [3.8, 4) is 5.75 Å². The molecule has 0 saturated heterocycles. The van der Waals surface area contributed by atoms with Crippen molar-refractivity contribution in [1.29, 1.82) is 0 Å². The van der Waals surface area contributed by atoms with Crippen molar-refractivity contribution in [3.05, 3.63) is 57.8 Å². The first-order valence-electron chi connectivity index (χ1n) is 11.2. The number of halogens is 2. The number of nitrogens with one attached hydrogen (secondary N) is 2. The van der Waals surface area contributed by atoms with Crippen LogP contribution in [-0.2, 0) is 4.74 Å². The number of aryl methyl sites for hydroxylation is 1. The molecule has 9 nitrogen and oxygen atoms in total. The van der Waals surface area contributed by atoms with E-state index in [2.05, 4.69) is 20.8 Å². The van der Waals surface area contributed by atoms with Crippen LogP contribution in [0.3, 0.4) is 0 Å². The molecule has 2 aromatic heterocycles. The van der Waals surface area contributed by atoms with Gasteiger partial charge in [-0.1, -0.05) is 29.3 Å². The number of hydrogen-bond donors (Lipinski definition) is 2. The number of unbranched alkanes of at least 4 members (excludes halogenated alkanes) is 1. The molecule has 35 heavy (non-hydrogen) atoms. The molecule has 0 spiro atoms. The minimum atomic E-state index is -0.245. The first-order valence-corrected chi connectivity index (χ1v) is 12.0. The molecule has 0 radical (unpaired) electrons.